The summed E-state index contributed by atoms with van der Waals surface area (Å²) in [6.45, 7) is 5.10. The summed E-state index contributed by atoms with van der Waals surface area (Å²) in [7, 11) is 0. The lowest BCUT2D eigenvalue weighted by Crippen LogP contribution is -2.30. The fraction of sp³-hybridized carbons (Fsp3) is 0.160. The average Bonchev–Trinajstić information content (AvgIpc) is 2.81. The lowest BCUT2D eigenvalue weighted by atomic mass is 10.1. The fourth-order valence-corrected chi connectivity index (χ4v) is 3.12. The Morgan fingerprint density at radius 3 is 1.91 bits per heavy atom. The van der Waals surface area contributed by atoms with Crippen molar-refractivity contribution in [2.24, 2.45) is 5.73 Å². The summed E-state index contributed by atoms with van der Waals surface area (Å²) in [6, 6.07) is 20.0. The van der Waals surface area contributed by atoms with Crippen LogP contribution in [0.3, 0.4) is 0 Å². The summed E-state index contributed by atoms with van der Waals surface area (Å²) < 4.78 is 5.73. The van der Waals surface area contributed by atoms with Crippen molar-refractivity contribution >= 4 is 23.4 Å². The summed E-state index contributed by atoms with van der Waals surface area (Å²) in [6.07, 6.45) is 0. The number of benzene rings is 3. The molecular formula is C25H25N3O4. The zero-order chi connectivity index (χ0) is 23.1. The van der Waals surface area contributed by atoms with Crippen LogP contribution in [-0.4, -0.2) is 35.7 Å². The Hall–Kier alpha value is -4.13. The topological polar surface area (TPSA) is 102 Å². The Labute approximate surface area is 186 Å². The molecule has 3 aromatic carbocycles. The van der Waals surface area contributed by atoms with E-state index in [1.165, 1.54) is 0 Å². The third-order valence-electron chi connectivity index (χ3n) is 4.91. The van der Waals surface area contributed by atoms with E-state index in [4.69, 9.17) is 10.5 Å². The Kier molecular flexibility index (Phi) is 7.23. The molecule has 0 aromatic heterocycles. The van der Waals surface area contributed by atoms with Gasteiger partial charge in [0.25, 0.3) is 11.8 Å². The minimum atomic E-state index is -0.505. The largest absolute Gasteiger partial charge is 0.457 e. The van der Waals surface area contributed by atoms with Crippen molar-refractivity contribution in [3.8, 4) is 11.5 Å². The van der Waals surface area contributed by atoms with Crippen LogP contribution in [0, 0.1) is 0 Å². The van der Waals surface area contributed by atoms with Gasteiger partial charge in [-0.05, 0) is 80.6 Å². The van der Waals surface area contributed by atoms with Crippen LogP contribution in [0.1, 0.15) is 44.9 Å². The van der Waals surface area contributed by atoms with E-state index in [0.29, 0.717) is 47.0 Å². The second-order valence-corrected chi connectivity index (χ2v) is 7.03. The number of carbonyl (C=O) groups is 3. The van der Waals surface area contributed by atoms with Gasteiger partial charge in [0.15, 0.2) is 0 Å². The highest BCUT2D eigenvalue weighted by Crippen LogP contribution is 2.22. The fourth-order valence-electron chi connectivity index (χ4n) is 3.12. The number of nitrogens with zero attached hydrogens (tertiary/aromatic N) is 1. The summed E-state index contributed by atoms with van der Waals surface area (Å²) in [5, 5.41) is 2.82. The summed E-state index contributed by atoms with van der Waals surface area (Å²) in [5.74, 6) is 0.211. The van der Waals surface area contributed by atoms with Crippen molar-refractivity contribution in [2.45, 2.75) is 13.8 Å². The molecule has 7 nitrogen and oxygen atoms in total. The first-order chi connectivity index (χ1) is 15.4. The maximum atomic E-state index is 12.6. The maximum absolute atomic E-state index is 12.6. The van der Waals surface area contributed by atoms with Crippen molar-refractivity contribution in [3.63, 3.8) is 0 Å². The molecule has 3 aromatic rings. The first-order valence-corrected chi connectivity index (χ1v) is 10.3. The van der Waals surface area contributed by atoms with Crippen molar-refractivity contribution < 1.29 is 19.1 Å². The van der Waals surface area contributed by atoms with E-state index in [9.17, 15) is 14.4 Å². The quantitative estimate of drug-likeness (QED) is 0.555. The van der Waals surface area contributed by atoms with E-state index in [0.717, 1.165) is 0 Å². The Morgan fingerprint density at radius 1 is 0.812 bits per heavy atom. The molecule has 0 saturated carbocycles. The normalized spacial score (nSPS) is 10.3. The molecule has 0 unspecified atom stereocenters. The number of rotatable bonds is 8. The third kappa shape index (κ3) is 5.51. The predicted molar refractivity (Wildman–Crippen MR) is 123 cm³/mol. The molecule has 0 radical (unpaired) electrons. The molecule has 0 aliphatic rings. The predicted octanol–water partition coefficient (Wildman–Crippen LogP) is 4.31. The maximum Gasteiger partial charge on any atom is 0.255 e. The molecule has 0 saturated heterocycles. The van der Waals surface area contributed by atoms with Crippen molar-refractivity contribution in [1.29, 1.82) is 0 Å². The standard InChI is InChI=1S/C25H25N3O4/c1-3-28(4-2)25(31)19-6-5-7-20(16-19)27-24(30)18-10-14-22(15-11-18)32-21-12-8-17(9-13-21)23(26)29/h5-16H,3-4H2,1-2H3,(H2,26,29)(H,27,30). The van der Waals surface area contributed by atoms with Crippen LogP contribution in [0.2, 0.25) is 0 Å². The molecule has 0 aliphatic carbocycles. The molecule has 0 spiro atoms. The minimum Gasteiger partial charge on any atom is -0.457 e. The van der Waals surface area contributed by atoms with Crippen LogP contribution in [0.4, 0.5) is 5.69 Å². The highest BCUT2D eigenvalue weighted by molar-refractivity contribution is 6.05. The highest BCUT2D eigenvalue weighted by Gasteiger charge is 2.14. The molecule has 3 rings (SSSR count). The van der Waals surface area contributed by atoms with Crippen LogP contribution in [0.5, 0.6) is 11.5 Å². The number of hydrogen-bond acceptors (Lipinski definition) is 4. The zero-order valence-electron chi connectivity index (χ0n) is 18.0. The van der Waals surface area contributed by atoms with Gasteiger partial charge in [0.2, 0.25) is 5.91 Å². The number of primary amides is 1. The summed E-state index contributed by atoms with van der Waals surface area (Å²) in [4.78, 5) is 38.0. The van der Waals surface area contributed by atoms with Crippen LogP contribution in [0.15, 0.2) is 72.8 Å². The number of ether oxygens (including phenoxy) is 1. The molecule has 0 bridgehead atoms. The molecule has 0 atom stereocenters. The summed E-state index contributed by atoms with van der Waals surface area (Å²) >= 11 is 0. The molecule has 0 aliphatic heterocycles. The first kappa shape index (κ1) is 22.6. The van der Waals surface area contributed by atoms with Crippen molar-refractivity contribution in [1.82, 2.24) is 4.90 Å². The third-order valence-corrected chi connectivity index (χ3v) is 4.91. The van der Waals surface area contributed by atoms with Gasteiger partial charge in [-0.1, -0.05) is 6.07 Å². The van der Waals surface area contributed by atoms with E-state index < -0.39 is 5.91 Å². The van der Waals surface area contributed by atoms with Gasteiger partial charge in [-0.25, -0.2) is 0 Å². The number of nitrogens with two attached hydrogens (primary N) is 1. The average molecular weight is 431 g/mol. The van der Waals surface area contributed by atoms with E-state index >= 15 is 0 Å². The van der Waals surface area contributed by atoms with Crippen LogP contribution < -0.4 is 15.8 Å². The Balaban J connectivity index is 1.65. The lowest BCUT2D eigenvalue weighted by Gasteiger charge is -2.19. The van der Waals surface area contributed by atoms with Gasteiger partial charge in [-0.2, -0.15) is 0 Å². The molecule has 3 N–H and O–H groups in total. The SMILES string of the molecule is CCN(CC)C(=O)c1cccc(NC(=O)c2ccc(Oc3ccc(C(N)=O)cc3)cc2)c1. The lowest BCUT2D eigenvalue weighted by molar-refractivity contribution is 0.0772. The number of anilines is 1. The van der Waals surface area contributed by atoms with Crippen molar-refractivity contribution in [3.05, 3.63) is 89.5 Å². The van der Waals surface area contributed by atoms with Gasteiger partial charge in [-0.15, -0.1) is 0 Å². The van der Waals surface area contributed by atoms with Gasteiger partial charge >= 0.3 is 0 Å². The second-order valence-electron chi connectivity index (χ2n) is 7.03. The monoisotopic (exact) mass is 431 g/mol. The van der Waals surface area contributed by atoms with Crippen LogP contribution >= 0.6 is 0 Å². The molecule has 3 amide bonds. The minimum absolute atomic E-state index is 0.0727. The molecule has 32 heavy (non-hydrogen) atoms. The van der Waals surface area contributed by atoms with E-state index in [-0.39, 0.29) is 11.8 Å². The smallest absolute Gasteiger partial charge is 0.255 e. The molecule has 0 fully saturated rings. The van der Waals surface area contributed by atoms with E-state index in [1.807, 2.05) is 13.8 Å². The summed E-state index contributed by atoms with van der Waals surface area (Å²) in [5.41, 5.74) is 7.14. The Morgan fingerprint density at radius 2 is 1.38 bits per heavy atom. The van der Waals surface area contributed by atoms with E-state index in [2.05, 4.69) is 5.32 Å². The van der Waals surface area contributed by atoms with Gasteiger partial charge < -0.3 is 20.7 Å². The van der Waals surface area contributed by atoms with Gasteiger partial charge in [0.1, 0.15) is 11.5 Å². The van der Waals surface area contributed by atoms with Crippen molar-refractivity contribution in [2.75, 3.05) is 18.4 Å². The molecule has 164 valence electrons. The van der Waals surface area contributed by atoms with Crippen LogP contribution in [0.25, 0.3) is 0 Å². The van der Waals surface area contributed by atoms with Gasteiger partial charge in [0, 0.05) is 35.5 Å². The van der Waals surface area contributed by atoms with Crippen LogP contribution in [-0.2, 0) is 0 Å². The molecule has 7 heteroatoms. The molecule has 0 heterocycles. The number of carbonyl (C=O) groups excluding carboxylic acids is 3. The van der Waals surface area contributed by atoms with Gasteiger partial charge in [-0.3, -0.25) is 14.4 Å². The highest BCUT2D eigenvalue weighted by atomic mass is 16.5. The zero-order valence-corrected chi connectivity index (χ0v) is 18.0. The van der Waals surface area contributed by atoms with E-state index in [1.54, 1.807) is 77.7 Å². The number of nitrogens with one attached hydrogen (secondary N) is 1. The number of hydrogen-bond donors (Lipinski definition) is 2. The first-order valence-electron chi connectivity index (χ1n) is 10.3. The second kappa shape index (κ2) is 10.3. The van der Waals surface area contributed by atoms with Gasteiger partial charge in [0.05, 0.1) is 0 Å². The molecular weight excluding hydrogens is 406 g/mol. The Bertz CT molecular complexity index is 1100. The number of amides is 3.